The lowest BCUT2D eigenvalue weighted by molar-refractivity contribution is 0.262. The summed E-state index contributed by atoms with van der Waals surface area (Å²) in [6.45, 7) is 9.78. The Kier molecular flexibility index (Phi) is 5.10. The van der Waals surface area contributed by atoms with Crippen LogP contribution < -0.4 is 5.32 Å². The Morgan fingerprint density at radius 1 is 1.36 bits per heavy atom. The van der Waals surface area contributed by atoms with Crippen molar-refractivity contribution in [3.05, 3.63) is 46.6 Å². The molecule has 1 saturated carbocycles. The minimum Gasteiger partial charge on any atom is -0.368 e. The number of rotatable bonds is 6. The first-order chi connectivity index (χ1) is 10.7. The van der Waals surface area contributed by atoms with Gasteiger partial charge in [0, 0.05) is 35.8 Å². The monoisotopic (exact) mass is 318 g/mol. The van der Waals surface area contributed by atoms with Gasteiger partial charge in [-0.25, -0.2) is 0 Å². The lowest BCUT2D eigenvalue weighted by Crippen LogP contribution is -2.37. The van der Waals surface area contributed by atoms with Crippen molar-refractivity contribution in [3.8, 4) is 0 Å². The molecule has 1 aromatic carbocycles. The van der Waals surface area contributed by atoms with Crippen molar-refractivity contribution in [2.75, 3.05) is 13.1 Å². The van der Waals surface area contributed by atoms with E-state index in [9.17, 15) is 0 Å². The van der Waals surface area contributed by atoms with Crippen molar-refractivity contribution in [1.82, 2.24) is 10.2 Å². The van der Waals surface area contributed by atoms with Crippen LogP contribution in [0, 0.1) is 5.92 Å². The van der Waals surface area contributed by atoms with E-state index in [1.807, 2.05) is 6.07 Å². The zero-order valence-electron chi connectivity index (χ0n) is 13.6. The largest absolute Gasteiger partial charge is 0.368 e. The predicted octanol–water partition coefficient (Wildman–Crippen LogP) is 4.38. The first kappa shape index (κ1) is 15.9. The van der Waals surface area contributed by atoms with Gasteiger partial charge in [-0.1, -0.05) is 37.2 Å². The summed E-state index contributed by atoms with van der Waals surface area (Å²) in [6.07, 6.45) is 6.17. The molecule has 1 aliphatic carbocycles. The van der Waals surface area contributed by atoms with Gasteiger partial charge < -0.3 is 10.2 Å². The normalized spacial score (nSPS) is 21.6. The Hall–Kier alpha value is -0.990. The third-order valence-corrected chi connectivity index (χ3v) is 5.35. The van der Waals surface area contributed by atoms with E-state index in [2.05, 4.69) is 35.9 Å². The molecule has 1 saturated heterocycles. The van der Waals surface area contributed by atoms with Crippen LogP contribution in [0.2, 0.25) is 5.02 Å². The van der Waals surface area contributed by atoms with E-state index in [1.165, 1.54) is 42.5 Å². The molecule has 3 rings (SSSR count). The third kappa shape index (κ3) is 3.67. The van der Waals surface area contributed by atoms with Gasteiger partial charge in [0.05, 0.1) is 0 Å². The fourth-order valence-electron chi connectivity index (χ4n) is 3.37. The minimum atomic E-state index is 0.586. The first-order valence-electron chi connectivity index (χ1n) is 8.62. The number of halogens is 1. The van der Waals surface area contributed by atoms with E-state index in [0.29, 0.717) is 12.0 Å². The Labute approximate surface area is 139 Å². The van der Waals surface area contributed by atoms with Gasteiger partial charge in [-0.05, 0) is 55.8 Å². The van der Waals surface area contributed by atoms with Crippen molar-refractivity contribution < 1.29 is 0 Å². The molecule has 0 spiro atoms. The van der Waals surface area contributed by atoms with Gasteiger partial charge in [-0.2, -0.15) is 0 Å². The van der Waals surface area contributed by atoms with E-state index in [4.69, 9.17) is 11.6 Å². The van der Waals surface area contributed by atoms with Gasteiger partial charge in [0.15, 0.2) is 0 Å². The first-order valence-corrected chi connectivity index (χ1v) is 9.00. The highest BCUT2D eigenvalue weighted by molar-refractivity contribution is 6.31. The molecule has 1 unspecified atom stereocenters. The van der Waals surface area contributed by atoms with Crippen LogP contribution in [0.3, 0.4) is 0 Å². The Morgan fingerprint density at radius 3 is 2.82 bits per heavy atom. The molecule has 0 amide bonds. The molecular formula is C19H27ClN2. The Morgan fingerprint density at radius 2 is 2.18 bits per heavy atom. The van der Waals surface area contributed by atoms with E-state index in [1.54, 1.807) is 0 Å². The summed E-state index contributed by atoms with van der Waals surface area (Å²) in [7, 11) is 0. The van der Waals surface area contributed by atoms with Crippen molar-refractivity contribution in [1.29, 1.82) is 0 Å². The maximum absolute atomic E-state index is 6.44. The fraction of sp³-hybridized carbons (Fsp3) is 0.579. The summed E-state index contributed by atoms with van der Waals surface area (Å²) in [5, 5.41) is 4.40. The zero-order chi connectivity index (χ0) is 15.5. The highest BCUT2D eigenvalue weighted by atomic mass is 35.5. The second kappa shape index (κ2) is 7.06. The second-order valence-electron chi connectivity index (χ2n) is 6.67. The van der Waals surface area contributed by atoms with E-state index < -0.39 is 0 Å². The van der Waals surface area contributed by atoms with Gasteiger partial charge >= 0.3 is 0 Å². The van der Waals surface area contributed by atoms with Crippen LogP contribution in [-0.2, 0) is 13.0 Å². The zero-order valence-corrected chi connectivity index (χ0v) is 14.3. The lowest BCUT2D eigenvalue weighted by atomic mass is 9.95. The SMILES string of the molecule is C=C(C1CCCNC1)N(Cc1cc(CC)ccc1Cl)C1CC1. The van der Waals surface area contributed by atoms with Gasteiger partial charge in [0.25, 0.3) is 0 Å². The van der Waals surface area contributed by atoms with Gasteiger partial charge in [0.2, 0.25) is 0 Å². The molecule has 1 aliphatic heterocycles. The minimum absolute atomic E-state index is 0.586. The topological polar surface area (TPSA) is 15.3 Å². The van der Waals surface area contributed by atoms with Crippen molar-refractivity contribution in [2.45, 2.75) is 51.6 Å². The molecule has 1 heterocycles. The molecule has 1 N–H and O–H groups in total. The number of nitrogens with one attached hydrogen (secondary N) is 1. The molecule has 22 heavy (non-hydrogen) atoms. The molecule has 2 fully saturated rings. The van der Waals surface area contributed by atoms with Crippen LogP contribution in [0.5, 0.6) is 0 Å². The van der Waals surface area contributed by atoms with Crippen LogP contribution in [-0.4, -0.2) is 24.0 Å². The summed E-state index contributed by atoms with van der Waals surface area (Å²) < 4.78 is 0. The van der Waals surface area contributed by atoms with Crippen LogP contribution >= 0.6 is 11.6 Å². The summed E-state index contributed by atoms with van der Waals surface area (Å²) in [5.74, 6) is 0.586. The lowest BCUT2D eigenvalue weighted by Gasteiger charge is -2.34. The molecule has 0 aromatic heterocycles. The van der Waals surface area contributed by atoms with Gasteiger partial charge in [-0.3, -0.25) is 0 Å². The maximum atomic E-state index is 6.44. The van der Waals surface area contributed by atoms with E-state index >= 15 is 0 Å². The average molecular weight is 319 g/mol. The van der Waals surface area contributed by atoms with Crippen LogP contribution in [0.25, 0.3) is 0 Å². The average Bonchev–Trinajstić information content (AvgIpc) is 3.39. The maximum Gasteiger partial charge on any atom is 0.0456 e. The molecule has 2 aliphatic rings. The predicted molar refractivity (Wildman–Crippen MR) is 94.1 cm³/mol. The van der Waals surface area contributed by atoms with Gasteiger partial charge in [-0.15, -0.1) is 0 Å². The second-order valence-corrected chi connectivity index (χ2v) is 7.08. The molecule has 0 radical (unpaired) electrons. The van der Waals surface area contributed by atoms with Crippen LogP contribution in [0.1, 0.15) is 43.7 Å². The van der Waals surface area contributed by atoms with Crippen molar-refractivity contribution >= 4 is 11.6 Å². The summed E-state index contributed by atoms with van der Waals surface area (Å²) in [4.78, 5) is 2.53. The van der Waals surface area contributed by atoms with Crippen LogP contribution in [0.4, 0.5) is 0 Å². The Bertz CT molecular complexity index is 530. The van der Waals surface area contributed by atoms with Gasteiger partial charge in [0.1, 0.15) is 0 Å². The number of hydrogen-bond donors (Lipinski definition) is 1. The summed E-state index contributed by atoms with van der Waals surface area (Å²) in [6, 6.07) is 7.12. The van der Waals surface area contributed by atoms with E-state index in [0.717, 1.165) is 31.1 Å². The fourth-order valence-corrected chi connectivity index (χ4v) is 3.55. The number of nitrogens with zero attached hydrogens (tertiary/aromatic N) is 1. The quantitative estimate of drug-likeness (QED) is 0.837. The van der Waals surface area contributed by atoms with Crippen molar-refractivity contribution in [3.63, 3.8) is 0 Å². The molecule has 1 aromatic rings. The number of hydrogen-bond acceptors (Lipinski definition) is 2. The highest BCUT2D eigenvalue weighted by Crippen LogP contribution is 2.36. The molecular weight excluding hydrogens is 292 g/mol. The third-order valence-electron chi connectivity index (χ3n) is 4.98. The standard InChI is InChI=1S/C19H27ClN2/c1-3-15-6-9-19(20)17(11-15)13-22(18-7-8-18)14(2)16-5-4-10-21-12-16/h6,9,11,16,18,21H,2-5,7-8,10,12-13H2,1H3. The molecule has 120 valence electrons. The number of benzene rings is 1. The molecule has 3 heteroatoms. The highest BCUT2D eigenvalue weighted by Gasteiger charge is 2.33. The summed E-state index contributed by atoms with van der Waals surface area (Å²) >= 11 is 6.44. The molecule has 1 atom stereocenters. The molecule has 2 nitrogen and oxygen atoms in total. The number of aryl methyl sites for hydroxylation is 1. The Balaban J connectivity index is 1.75. The number of piperidine rings is 1. The van der Waals surface area contributed by atoms with Crippen molar-refractivity contribution in [2.24, 2.45) is 5.92 Å². The van der Waals surface area contributed by atoms with Crippen LogP contribution in [0.15, 0.2) is 30.5 Å². The molecule has 0 bridgehead atoms. The smallest absolute Gasteiger partial charge is 0.0456 e. The van der Waals surface area contributed by atoms with E-state index in [-0.39, 0.29) is 0 Å². The summed E-state index contributed by atoms with van der Waals surface area (Å²) in [5.41, 5.74) is 3.92.